The molecule has 0 radical (unpaired) electrons. The smallest absolute Gasteiger partial charge is 0.295 e. The van der Waals surface area contributed by atoms with Crippen molar-refractivity contribution in [1.82, 2.24) is 0 Å². The van der Waals surface area contributed by atoms with Crippen LogP contribution in [-0.4, -0.2) is 20.8 Å². The molecule has 1 aromatic rings. The molecule has 0 heterocycles. The van der Waals surface area contributed by atoms with Gasteiger partial charge >= 0.3 is 0 Å². The molecule has 4 aliphatic carbocycles. The molecule has 0 N–H and O–H groups in total. The van der Waals surface area contributed by atoms with Gasteiger partial charge in [0.25, 0.3) is 10.1 Å². The maximum Gasteiger partial charge on any atom is 0.296 e. The van der Waals surface area contributed by atoms with Crippen LogP contribution in [0.5, 0.6) is 0 Å². The summed E-state index contributed by atoms with van der Waals surface area (Å²) in [5.41, 5.74) is 2.91. The number of hydrogen-bond acceptors (Lipinski definition) is 4. The summed E-state index contributed by atoms with van der Waals surface area (Å²) in [6.45, 7) is 9.30. The molecule has 7 atom stereocenters. The Bertz CT molecular complexity index is 1090. The zero-order valence-electron chi connectivity index (χ0n) is 21.2. The minimum absolute atomic E-state index is 0.201. The Balaban J connectivity index is 1.29. The fourth-order valence-electron chi connectivity index (χ4n) is 8.62. The third-order valence-electron chi connectivity index (χ3n) is 10.5. The van der Waals surface area contributed by atoms with Crippen molar-refractivity contribution in [1.29, 1.82) is 0 Å². The van der Waals surface area contributed by atoms with Crippen LogP contribution in [0, 0.1) is 47.3 Å². The lowest BCUT2D eigenvalue weighted by Crippen LogP contribution is -2.51. The lowest BCUT2D eigenvalue weighted by Gasteiger charge is -2.58. The molecule has 0 aromatic heterocycles. The third kappa shape index (κ3) is 3.91. The highest BCUT2D eigenvalue weighted by atomic mass is 32.2. The summed E-state index contributed by atoms with van der Waals surface area (Å²) in [6.07, 6.45) is 10.8. The summed E-state index contributed by atoms with van der Waals surface area (Å²) < 4.78 is 31.1. The molecule has 4 unspecified atom stereocenters. The van der Waals surface area contributed by atoms with Gasteiger partial charge in [0, 0.05) is 6.42 Å². The average molecular weight is 485 g/mol. The van der Waals surface area contributed by atoms with Gasteiger partial charge in [-0.05, 0) is 110 Å². The molecule has 0 amide bonds. The first-order valence-electron chi connectivity index (χ1n) is 13.2. The second-order valence-electron chi connectivity index (χ2n) is 12.2. The number of rotatable bonds is 5. The quantitative estimate of drug-likeness (QED) is 0.449. The van der Waals surface area contributed by atoms with Gasteiger partial charge in [0.05, 0.1) is 11.5 Å². The molecule has 34 heavy (non-hydrogen) atoms. The van der Waals surface area contributed by atoms with Crippen LogP contribution in [0.3, 0.4) is 0 Å². The van der Waals surface area contributed by atoms with Gasteiger partial charge in [-0.3, -0.25) is 8.98 Å². The third-order valence-corrected chi connectivity index (χ3v) is 11.8. The van der Waals surface area contributed by atoms with E-state index < -0.39 is 10.1 Å². The predicted molar refractivity (Wildman–Crippen MR) is 134 cm³/mol. The van der Waals surface area contributed by atoms with Crippen LogP contribution in [-0.2, 0) is 19.1 Å². The van der Waals surface area contributed by atoms with Gasteiger partial charge in [-0.15, -0.1) is 0 Å². The molecule has 4 nitrogen and oxygen atoms in total. The van der Waals surface area contributed by atoms with E-state index in [1.54, 1.807) is 12.1 Å². The van der Waals surface area contributed by atoms with E-state index in [9.17, 15) is 13.2 Å². The lowest BCUT2D eigenvalue weighted by atomic mass is 9.46. The summed E-state index contributed by atoms with van der Waals surface area (Å²) in [5, 5.41) is 0. The van der Waals surface area contributed by atoms with E-state index in [0.717, 1.165) is 30.7 Å². The second-order valence-corrected chi connectivity index (χ2v) is 13.8. The number of allylic oxidation sites excluding steroid dienone is 1. The molecule has 5 heteroatoms. The Morgan fingerprint density at radius 2 is 1.74 bits per heavy atom. The Morgan fingerprint density at radius 1 is 1.00 bits per heavy atom. The van der Waals surface area contributed by atoms with Crippen molar-refractivity contribution in [3.05, 3.63) is 41.5 Å². The first-order valence-corrected chi connectivity index (χ1v) is 14.7. The molecule has 4 aliphatic rings. The lowest BCUT2D eigenvalue weighted by molar-refractivity contribution is -0.117. The van der Waals surface area contributed by atoms with E-state index in [1.807, 2.05) is 25.1 Å². The fourth-order valence-corrected chi connectivity index (χ4v) is 9.62. The van der Waals surface area contributed by atoms with E-state index in [1.165, 1.54) is 31.3 Å². The van der Waals surface area contributed by atoms with Crippen LogP contribution in [0.1, 0.15) is 77.7 Å². The Labute approximate surface area is 205 Å². The normalized spacial score (nSPS) is 38.5. The maximum atomic E-state index is 12.8. The SMILES string of the molecule is Cc1ccc(S(=O)(=O)OC[C@@H](C)C2CCC3C4CCC5=CC(=O)CC[C@]5(C)C4CC[C@@]32C)cc1. The van der Waals surface area contributed by atoms with Crippen molar-refractivity contribution >= 4 is 15.9 Å². The van der Waals surface area contributed by atoms with Crippen LogP contribution in [0.25, 0.3) is 0 Å². The largest absolute Gasteiger partial charge is 0.296 e. The molecule has 3 saturated carbocycles. The van der Waals surface area contributed by atoms with Crippen molar-refractivity contribution in [3.8, 4) is 0 Å². The number of benzene rings is 1. The van der Waals surface area contributed by atoms with Gasteiger partial charge in [-0.25, -0.2) is 0 Å². The van der Waals surface area contributed by atoms with E-state index in [4.69, 9.17) is 4.18 Å². The number of ketones is 1. The summed E-state index contributed by atoms with van der Waals surface area (Å²) in [4.78, 5) is 12.3. The predicted octanol–water partition coefficient (Wildman–Crippen LogP) is 6.48. The summed E-state index contributed by atoms with van der Waals surface area (Å²) >= 11 is 0. The number of hydrogen-bond donors (Lipinski definition) is 0. The highest BCUT2D eigenvalue weighted by molar-refractivity contribution is 7.86. The average Bonchev–Trinajstić information content (AvgIpc) is 3.15. The molecular formula is C29H40O4S. The molecule has 0 spiro atoms. The van der Waals surface area contributed by atoms with Crippen LogP contribution < -0.4 is 0 Å². The number of aryl methyl sites for hydroxylation is 1. The number of carbonyl (C=O) groups is 1. The summed E-state index contributed by atoms with van der Waals surface area (Å²) in [6, 6.07) is 6.89. The molecule has 0 aliphatic heterocycles. The molecular weight excluding hydrogens is 444 g/mol. The van der Waals surface area contributed by atoms with Gasteiger partial charge in [0.2, 0.25) is 0 Å². The minimum Gasteiger partial charge on any atom is -0.295 e. The van der Waals surface area contributed by atoms with Gasteiger partial charge < -0.3 is 0 Å². The molecule has 0 bridgehead atoms. The minimum atomic E-state index is -3.73. The van der Waals surface area contributed by atoms with Crippen LogP contribution >= 0.6 is 0 Å². The number of fused-ring (bicyclic) bond motifs is 5. The van der Waals surface area contributed by atoms with Gasteiger partial charge in [-0.1, -0.05) is 44.0 Å². The highest BCUT2D eigenvalue weighted by Gasteiger charge is 2.59. The zero-order chi connectivity index (χ0) is 24.3. The van der Waals surface area contributed by atoms with E-state index in [2.05, 4.69) is 20.8 Å². The first-order chi connectivity index (χ1) is 16.0. The molecule has 3 fully saturated rings. The molecule has 186 valence electrons. The zero-order valence-corrected chi connectivity index (χ0v) is 22.0. The van der Waals surface area contributed by atoms with E-state index >= 15 is 0 Å². The monoisotopic (exact) mass is 484 g/mol. The Hall–Kier alpha value is -1.46. The fraction of sp³-hybridized carbons (Fsp3) is 0.690. The number of carbonyl (C=O) groups excluding carboxylic acids is 1. The van der Waals surface area contributed by atoms with E-state index in [0.29, 0.717) is 30.0 Å². The van der Waals surface area contributed by atoms with Gasteiger partial charge in [-0.2, -0.15) is 8.42 Å². The van der Waals surface area contributed by atoms with Crippen LogP contribution in [0.4, 0.5) is 0 Å². The van der Waals surface area contributed by atoms with Gasteiger partial charge in [0.1, 0.15) is 0 Å². The standard InChI is InChI=1S/C29H40O4S/c1-19-5-8-23(9-6-19)34(31,32)33-18-20(2)25-11-12-26-24-10-7-21-17-22(30)13-15-28(21,3)27(24)14-16-29(25,26)4/h5-6,8-9,17,20,24-27H,7,10-16,18H2,1-4H3/t20-,24?,25?,26?,27?,28+,29-/m1/s1. The van der Waals surface area contributed by atoms with Crippen LogP contribution in [0.15, 0.2) is 40.8 Å². The Kier molecular flexibility index (Phi) is 6.12. The summed E-state index contributed by atoms with van der Waals surface area (Å²) in [5.74, 6) is 3.12. The van der Waals surface area contributed by atoms with Crippen LogP contribution in [0.2, 0.25) is 0 Å². The maximum absolute atomic E-state index is 12.8. The second kappa shape index (κ2) is 8.58. The van der Waals surface area contributed by atoms with Crippen molar-refractivity contribution < 1.29 is 17.4 Å². The van der Waals surface area contributed by atoms with E-state index in [-0.39, 0.29) is 28.3 Å². The molecule has 0 saturated heterocycles. The van der Waals surface area contributed by atoms with Gasteiger partial charge in [0.15, 0.2) is 5.78 Å². The summed E-state index contributed by atoms with van der Waals surface area (Å²) in [7, 11) is -3.73. The molecule has 5 rings (SSSR count). The van der Waals surface area contributed by atoms with Crippen molar-refractivity contribution in [2.45, 2.75) is 84.0 Å². The van der Waals surface area contributed by atoms with Crippen molar-refractivity contribution in [2.24, 2.45) is 40.4 Å². The Morgan fingerprint density at radius 3 is 2.47 bits per heavy atom. The van der Waals surface area contributed by atoms with Crippen molar-refractivity contribution in [2.75, 3.05) is 6.61 Å². The topological polar surface area (TPSA) is 60.4 Å². The first kappa shape index (κ1) is 24.2. The highest BCUT2D eigenvalue weighted by Crippen LogP contribution is 2.67. The van der Waals surface area contributed by atoms with Crippen molar-refractivity contribution in [3.63, 3.8) is 0 Å². The molecule has 1 aromatic carbocycles.